The van der Waals surface area contributed by atoms with E-state index in [1.807, 2.05) is 21.1 Å². The topological polar surface area (TPSA) is 108 Å². The number of carboxylic acid groups (broad SMARTS) is 1. The number of unbranched alkanes of at least 4 members (excludes halogenated alkanes) is 31. The van der Waals surface area contributed by atoms with Crippen molar-refractivity contribution in [1.29, 1.82) is 0 Å². The molecule has 0 aromatic heterocycles. The third-order valence-corrected chi connectivity index (χ3v) is 16.8. The lowest BCUT2D eigenvalue weighted by Gasteiger charge is -2.25. The number of carbonyl (C=O) groups is 3. The number of esters is 2. The van der Waals surface area contributed by atoms with Gasteiger partial charge in [0.1, 0.15) is 13.2 Å². The van der Waals surface area contributed by atoms with E-state index in [-0.39, 0.29) is 38.6 Å². The van der Waals surface area contributed by atoms with Crippen LogP contribution in [0.5, 0.6) is 0 Å². The fourth-order valence-electron chi connectivity index (χ4n) is 10.8. The monoisotopic (exact) mass is 1350 g/mol. The van der Waals surface area contributed by atoms with Gasteiger partial charge in [-0.3, -0.25) is 9.59 Å². The first kappa shape index (κ1) is 91.9. The van der Waals surface area contributed by atoms with Gasteiger partial charge >= 0.3 is 17.9 Å². The van der Waals surface area contributed by atoms with Gasteiger partial charge in [0.05, 0.1) is 34.4 Å². The Balaban J connectivity index is 4.15. The first-order chi connectivity index (χ1) is 47.6. The van der Waals surface area contributed by atoms with Crippen LogP contribution < -0.4 is 0 Å². The molecule has 0 aliphatic carbocycles. The van der Waals surface area contributed by atoms with E-state index in [1.165, 1.54) is 173 Å². The molecule has 0 aliphatic heterocycles. The smallest absolute Gasteiger partial charge is 0.361 e. The lowest BCUT2D eigenvalue weighted by atomic mass is 10.0. The summed E-state index contributed by atoms with van der Waals surface area (Å²) in [5.74, 6) is -2.05. The fraction of sp³-hybridized carbons (Fsp3) is 0.670. The number of ether oxygens (including phenoxy) is 4. The summed E-state index contributed by atoms with van der Waals surface area (Å²) in [7, 11) is 5.96. The van der Waals surface area contributed by atoms with Gasteiger partial charge in [-0.1, -0.05) is 339 Å². The van der Waals surface area contributed by atoms with Crippen LogP contribution in [-0.2, 0) is 33.3 Å². The van der Waals surface area contributed by atoms with Crippen LogP contribution in [0, 0.1) is 0 Å². The zero-order valence-corrected chi connectivity index (χ0v) is 63.2. The van der Waals surface area contributed by atoms with E-state index in [1.54, 1.807) is 0 Å². The van der Waals surface area contributed by atoms with Gasteiger partial charge in [-0.15, -0.1) is 0 Å². The van der Waals surface area contributed by atoms with Crippen LogP contribution >= 0.6 is 0 Å². The van der Waals surface area contributed by atoms with E-state index in [9.17, 15) is 19.5 Å². The van der Waals surface area contributed by atoms with Gasteiger partial charge < -0.3 is 28.5 Å². The highest BCUT2D eigenvalue weighted by Gasteiger charge is 2.25. The largest absolute Gasteiger partial charge is 0.477 e. The minimum atomic E-state index is -1.53. The Morgan fingerprint density at radius 2 is 0.588 bits per heavy atom. The van der Waals surface area contributed by atoms with Crippen molar-refractivity contribution in [3.63, 3.8) is 0 Å². The Labute approximate surface area is 597 Å². The number of quaternary nitrogens is 1. The van der Waals surface area contributed by atoms with Gasteiger partial charge in [-0.2, -0.15) is 0 Å². The molecule has 0 fully saturated rings. The second kappa shape index (κ2) is 76.7. The summed E-state index contributed by atoms with van der Waals surface area (Å²) in [5.41, 5.74) is 0. The number of allylic oxidation sites excluding steroid dienone is 26. The molecule has 0 aromatic carbocycles. The van der Waals surface area contributed by atoms with Gasteiger partial charge in [-0.25, -0.2) is 4.79 Å². The van der Waals surface area contributed by atoms with Crippen LogP contribution in [-0.4, -0.2) is 87.4 Å². The molecule has 0 aromatic rings. The molecule has 0 radical (unpaired) electrons. The highest BCUT2D eigenvalue weighted by molar-refractivity contribution is 5.71. The Hall–Kier alpha value is -5.09. The molecule has 1 N–H and O–H groups in total. The van der Waals surface area contributed by atoms with E-state index in [4.69, 9.17) is 18.9 Å². The molecule has 0 saturated heterocycles. The van der Waals surface area contributed by atoms with Crippen LogP contribution in [0.15, 0.2) is 158 Å². The predicted octanol–water partition coefficient (Wildman–Crippen LogP) is 25.6. The van der Waals surface area contributed by atoms with E-state index in [2.05, 4.69) is 172 Å². The van der Waals surface area contributed by atoms with Crippen LogP contribution in [0.3, 0.4) is 0 Å². The average Bonchev–Trinajstić information content (AvgIpc) is 3.11. The standard InChI is InChI=1S/C88H147NO8/c1-6-8-10-12-14-16-18-20-22-24-26-28-30-32-34-36-38-40-42-43-45-47-49-51-53-55-57-59-61-63-65-67-69-71-73-75-77-79-86(91)97-84(83-96-88(87(92)93)94-81-80-89(3,4)5)82-95-85(90)78-76-74-72-70-68-66-64-62-60-58-56-54-52-50-48-46-44-41-39-37-35-33-31-29-27-25-23-21-19-17-15-13-11-9-7-2/h8,10,14,16,19-22,25-28,32,34,38,40,43,45,49,51,55,57,61,63,67,69,84,88H,6-7,9,11-13,15,17-18,23-24,29-31,33,35-37,39,41-42,44,46-48,50,52-54,56,58-60,62,64-66,68,70-83H2,1-5H3/p+1/b10-8-,16-14-,21-19-,22-20-,27-25-,28-26-,34-32-,40-38-,45-43-,51-49-,57-55-,63-61-,69-67-. The van der Waals surface area contributed by atoms with Crippen molar-refractivity contribution in [3.05, 3.63) is 158 Å². The Kier molecular flexibility index (Phi) is 72.6. The van der Waals surface area contributed by atoms with Crippen molar-refractivity contribution >= 4 is 17.9 Å². The number of hydrogen-bond donors (Lipinski definition) is 1. The Bertz CT molecular complexity index is 2160. The van der Waals surface area contributed by atoms with E-state index in [0.29, 0.717) is 17.4 Å². The highest BCUT2D eigenvalue weighted by Crippen LogP contribution is 2.18. The molecule has 2 atom stereocenters. The van der Waals surface area contributed by atoms with Crippen molar-refractivity contribution < 1.29 is 42.9 Å². The van der Waals surface area contributed by atoms with Gasteiger partial charge in [0, 0.05) is 12.8 Å². The van der Waals surface area contributed by atoms with Gasteiger partial charge in [-0.05, 0) is 128 Å². The normalized spacial score (nSPS) is 13.5. The molecule has 0 spiro atoms. The first-order valence-corrected chi connectivity index (χ1v) is 39.6. The molecular weight excluding hydrogens is 1200 g/mol. The SMILES string of the molecule is CC/C=C\C/C=C\C/C=C\C/C=C\C/C=C\C/C=C\C/C=C\C/C=C\C/C=C\C/C=C\C/C=C\CCCCCC(=O)OC(COC(=O)CCCCCCCCCCCCCCCCCCCCCCCCC/C=C\C/C=C\CCCCCCC)COC(OCC[N+](C)(C)C)C(=O)O. The molecule has 0 amide bonds. The summed E-state index contributed by atoms with van der Waals surface area (Å²) in [6.07, 6.45) is 111. The number of hydrogen-bond acceptors (Lipinski definition) is 7. The minimum Gasteiger partial charge on any atom is -0.477 e. The second-order valence-electron chi connectivity index (χ2n) is 27.3. The van der Waals surface area contributed by atoms with Gasteiger partial charge in [0.2, 0.25) is 0 Å². The van der Waals surface area contributed by atoms with Crippen LogP contribution in [0.2, 0.25) is 0 Å². The molecule has 9 nitrogen and oxygen atoms in total. The zero-order chi connectivity index (χ0) is 70.4. The minimum absolute atomic E-state index is 0.174. The summed E-state index contributed by atoms with van der Waals surface area (Å²) < 4.78 is 23.0. The highest BCUT2D eigenvalue weighted by atomic mass is 16.7. The Morgan fingerprint density at radius 3 is 0.887 bits per heavy atom. The predicted molar refractivity (Wildman–Crippen MR) is 419 cm³/mol. The fourth-order valence-corrected chi connectivity index (χ4v) is 10.8. The van der Waals surface area contributed by atoms with E-state index < -0.39 is 24.3 Å². The summed E-state index contributed by atoms with van der Waals surface area (Å²) >= 11 is 0. The molecule has 0 rings (SSSR count). The van der Waals surface area contributed by atoms with Crippen molar-refractivity contribution in [3.8, 4) is 0 Å². The van der Waals surface area contributed by atoms with Crippen LogP contribution in [0.25, 0.3) is 0 Å². The van der Waals surface area contributed by atoms with E-state index in [0.717, 1.165) is 116 Å². The number of carbonyl (C=O) groups excluding carboxylic acids is 2. The van der Waals surface area contributed by atoms with Crippen molar-refractivity contribution in [2.45, 2.75) is 334 Å². The molecule has 552 valence electrons. The summed E-state index contributed by atoms with van der Waals surface area (Å²) in [6.45, 7) is 4.73. The summed E-state index contributed by atoms with van der Waals surface area (Å²) in [6, 6.07) is 0. The third kappa shape index (κ3) is 78.1. The van der Waals surface area contributed by atoms with E-state index >= 15 is 0 Å². The second-order valence-corrected chi connectivity index (χ2v) is 27.3. The summed E-state index contributed by atoms with van der Waals surface area (Å²) in [5, 5.41) is 9.77. The first-order valence-electron chi connectivity index (χ1n) is 39.6. The molecule has 97 heavy (non-hydrogen) atoms. The molecule has 0 bridgehead atoms. The molecule has 0 saturated carbocycles. The maximum Gasteiger partial charge on any atom is 0.361 e. The maximum absolute atomic E-state index is 13.0. The summed E-state index contributed by atoms with van der Waals surface area (Å²) in [4.78, 5) is 37.7. The Morgan fingerprint density at radius 1 is 0.320 bits per heavy atom. The number of likely N-dealkylation sites (N-methyl/N-ethyl adjacent to an activating group) is 1. The molecular formula is C88H148NO8+. The number of carboxylic acids is 1. The zero-order valence-electron chi connectivity index (χ0n) is 63.2. The maximum atomic E-state index is 13.0. The van der Waals surface area contributed by atoms with Crippen molar-refractivity contribution in [2.24, 2.45) is 0 Å². The average molecular weight is 1350 g/mol. The molecule has 2 unspecified atom stereocenters. The quantitative estimate of drug-likeness (QED) is 0.0211. The molecule has 0 heterocycles. The number of rotatable bonds is 72. The number of nitrogens with zero attached hydrogens (tertiary/aromatic N) is 1. The molecule has 9 heteroatoms. The molecule has 0 aliphatic rings. The number of aliphatic carboxylic acids is 1. The van der Waals surface area contributed by atoms with Gasteiger partial charge in [0.25, 0.3) is 6.29 Å². The van der Waals surface area contributed by atoms with Crippen LogP contribution in [0.4, 0.5) is 0 Å². The third-order valence-electron chi connectivity index (χ3n) is 16.8. The van der Waals surface area contributed by atoms with Crippen LogP contribution in [0.1, 0.15) is 322 Å². The van der Waals surface area contributed by atoms with Gasteiger partial charge in [0.15, 0.2) is 6.10 Å². The van der Waals surface area contributed by atoms with Crippen molar-refractivity contribution in [1.82, 2.24) is 0 Å². The van der Waals surface area contributed by atoms with Crippen molar-refractivity contribution in [2.75, 3.05) is 47.5 Å². The lowest BCUT2D eigenvalue weighted by Crippen LogP contribution is -2.40. The lowest BCUT2D eigenvalue weighted by molar-refractivity contribution is -0.870.